The number of aromatic hydroxyl groups is 1. The Hall–Kier alpha value is -0.590. The molecule has 1 heterocycles. The van der Waals surface area contributed by atoms with Gasteiger partial charge in [-0.3, -0.25) is 4.51 Å². The lowest BCUT2D eigenvalue weighted by Crippen LogP contribution is -1.82. The molecule has 0 bridgehead atoms. The molecule has 0 spiro atoms. The Labute approximate surface area is 95.8 Å². The molecule has 0 aliphatic rings. The summed E-state index contributed by atoms with van der Waals surface area (Å²) in [5, 5.41) is 8.79. The number of nitrogens with zero attached hydrogens (tertiary/aromatic N) is 1. The lowest BCUT2D eigenvalue weighted by molar-refractivity contribution is 0.478. The van der Waals surface area contributed by atoms with Gasteiger partial charge in [0.05, 0.1) is 5.69 Å². The molecule has 1 aromatic carbocycles. The fourth-order valence-corrected chi connectivity index (χ4v) is 4.05. The molecule has 2 atom stereocenters. The average Bonchev–Trinajstić information content (AvgIpc) is 2.25. The zero-order valence-corrected chi connectivity index (χ0v) is 11.1. The highest BCUT2D eigenvalue weighted by Gasteiger charge is 1.87. The topological polar surface area (TPSA) is 90.7 Å². The normalized spacial score (nSPS) is 11.1. The van der Waals surface area contributed by atoms with E-state index in [2.05, 4.69) is 13.5 Å². The van der Waals surface area contributed by atoms with Gasteiger partial charge in [-0.25, -0.2) is 0 Å². The van der Waals surface area contributed by atoms with Gasteiger partial charge in [-0.05, 0) is 23.4 Å². The number of aromatic amines is 2. The average molecular weight is 283 g/mol. The third kappa shape index (κ3) is 5.15. The number of phenols is 1. The quantitative estimate of drug-likeness (QED) is 0.441. The zero-order chi connectivity index (χ0) is 11.1. The number of benzene rings is 1. The van der Waals surface area contributed by atoms with Gasteiger partial charge >= 0.3 is 0 Å². The maximum Gasteiger partial charge on any atom is 0.153 e. The molecule has 15 heavy (non-hydrogen) atoms. The molecule has 5 nitrogen and oxygen atoms in total. The van der Waals surface area contributed by atoms with Crippen LogP contribution in [0.25, 0.3) is 0 Å². The van der Waals surface area contributed by atoms with E-state index in [1.165, 1.54) is 0 Å². The van der Waals surface area contributed by atoms with Crippen molar-refractivity contribution in [3.63, 3.8) is 0 Å². The fourth-order valence-electron chi connectivity index (χ4n) is 0.668. The molecule has 9 heteroatoms. The van der Waals surface area contributed by atoms with E-state index >= 15 is 0 Å². The van der Waals surface area contributed by atoms with Gasteiger partial charge in [0.15, 0.2) is 7.20 Å². The van der Waals surface area contributed by atoms with Gasteiger partial charge < -0.3 is 15.3 Å². The lowest BCUT2D eigenvalue weighted by Gasteiger charge is -1.92. The molecule has 0 fully saturated rings. The highest BCUT2D eigenvalue weighted by molar-refractivity contribution is 7.75. The van der Waals surface area contributed by atoms with Crippen molar-refractivity contribution in [2.45, 2.75) is 0 Å². The number of halogens is 1. The number of phenolic OH excluding ortho intramolecular Hbond substituents is 1. The third-order valence-corrected chi connectivity index (χ3v) is 5.70. The van der Waals surface area contributed by atoms with Crippen molar-refractivity contribution in [3.8, 4) is 5.75 Å². The molecule has 0 saturated heterocycles. The van der Waals surface area contributed by atoms with E-state index in [1.54, 1.807) is 24.3 Å². The van der Waals surface area contributed by atoms with Crippen molar-refractivity contribution in [2.24, 2.45) is 0 Å². The SMILES string of the molecule is Clp1np[nH][pH][nH]1.Nc1ccccc1O. The minimum Gasteiger partial charge on any atom is -0.506 e. The molecule has 82 valence electrons. The second-order valence-electron chi connectivity index (χ2n) is 2.36. The second-order valence-corrected chi connectivity index (χ2v) is 6.79. The number of anilines is 1. The smallest absolute Gasteiger partial charge is 0.153 e. The van der Waals surface area contributed by atoms with E-state index in [4.69, 9.17) is 22.1 Å². The van der Waals surface area contributed by atoms with Crippen LogP contribution in [0.2, 0.25) is 0 Å². The summed E-state index contributed by atoms with van der Waals surface area (Å²) >= 11 is 5.56. The van der Waals surface area contributed by atoms with Crippen LogP contribution in [0, 0.1) is 0 Å². The van der Waals surface area contributed by atoms with E-state index in [0.29, 0.717) is 14.2 Å². The summed E-state index contributed by atoms with van der Waals surface area (Å²) in [5.41, 5.74) is 5.69. The highest BCUT2D eigenvalue weighted by atomic mass is 35.7. The summed E-state index contributed by atoms with van der Waals surface area (Å²) in [6, 6.07) is 6.70. The number of H-pyrrole nitrogens is 2. The van der Waals surface area contributed by atoms with Gasteiger partial charge in [0, 0.05) is 8.51 Å². The van der Waals surface area contributed by atoms with Gasteiger partial charge in [0.25, 0.3) is 0 Å². The molecular formula is C6H10ClN4OP3. The minimum atomic E-state index is -0.707. The van der Waals surface area contributed by atoms with Crippen LogP contribution >= 0.6 is 35.5 Å². The van der Waals surface area contributed by atoms with Crippen molar-refractivity contribution in [1.82, 2.24) is 13.5 Å². The fraction of sp³-hybridized carbons (Fsp3) is 0. The summed E-state index contributed by atoms with van der Waals surface area (Å²) in [6.07, 6.45) is 0. The maximum atomic E-state index is 8.79. The van der Waals surface area contributed by atoms with Crippen molar-refractivity contribution in [2.75, 3.05) is 5.73 Å². The van der Waals surface area contributed by atoms with E-state index in [1.807, 2.05) is 0 Å². The van der Waals surface area contributed by atoms with Crippen molar-refractivity contribution in [1.29, 1.82) is 0 Å². The van der Waals surface area contributed by atoms with Gasteiger partial charge in [-0.15, -0.1) is 0 Å². The van der Waals surface area contributed by atoms with E-state index < -0.39 is 7.20 Å². The minimum absolute atomic E-state index is 0.146. The number of nitrogen functional groups attached to an aromatic ring is 1. The molecule has 0 amide bonds. The standard InChI is InChI=1S/C6H7NO.ClH3N3P3/c7-5-3-1-2-4-6(5)8;1-7-3-5-2-6-4-7/h1-4,8H,7H2;3,5H,(H,2,4). The number of rotatable bonds is 0. The number of hydrogen-bond acceptors (Lipinski definition) is 3. The van der Waals surface area contributed by atoms with Crippen LogP contribution in [0.15, 0.2) is 24.3 Å². The van der Waals surface area contributed by atoms with Crippen LogP contribution in [0.3, 0.4) is 0 Å². The van der Waals surface area contributed by atoms with E-state index in [0.717, 1.165) is 8.51 Å². The first-order valence-electron chi connectivity index (χ1n) is 3.86. The third-order valence-electron chi connectivity index (χ3n) is 1.31. The number of hydrogen-bond donors (Lipinski definition) is 4. The molecule has 2 unspecified atom stereocenters. The largest absolute Gasteiger partial charge is 0.506 e. The summed E-state index contributed by atoms with van der Waals surface area (Å²) in [7, 11) is 0.780. The Balaban J connectivity index is 0.000000151. The summed E-state index contributed by atoms with van der Waals surface area (Å²) in [6.45, 7) is 0. The van der Waals surface area contributed by atoms with Gasteiger partial charge in [0.2, 0.25) is 0 Å². The highest BCUT2D eigenvalue weighted by Crippen LogP contribution is 2.25. The van der Waals surface area contributed by atoms with Crippen molar-refractivity contribution >= 4 is 41.2 Å². The van der Waals surface area contributed by atoms with Crippen LogP contribution in [0.4, 0.5) is 5.69 Å². The Morgan fingerprint density at radius 3 is 2.60 bits per heavy atom. The first kappa shape index (κ1) is 12.5. The molecule has 2 aromatic rings. The number of nitrogens with two attached hydrogens (primary N) is 1. The van der Waals surface area contributed by atoms with E-state index in [9.17, 15) is 0 Å². The zero-order valence-electron chi connectivity index (χ0n) is 7.55. The Bertz CT molecular complexity index is 397. The van der Waals surface area contributed by atoms with Gasteiger partial charge in [-0.2, -0.15) is 4.51 Å². The molecular weight excluding hydrogens is 272 g/mol. The van der Waals surface area contributed by atoms with E-state index in [-0.39, 0.29) is 5.75 Å². The second kappa shape index (κ2) is 6.81. The monoisotopic (exact) mass is 282 g/mol. The number of nitrogens with one attached hydrogen (secondary N) is 2. The summed E-state index contributed by atoms with van der Waals surface area (Å²) < 4.78 is 9.84. The Kier molecular flexibility index (Phi) is 5.67. The van der Waals surface area contributed by atoms with Crippen LogP contribution < -0.4 is 5.73 Å². The first-order valence-corrected chi connectivity index (χ1v) is 7.90. The first-order chi connectivity index (χ1) is 7.20. The number of para-hydroxylation sites is 2. The van der Waals surface area contributed by atoms with Gasteiger partial charge in [0.1, 0.15) is 14.3 Å². The summed E-state index contributed by atoms with van der Waals surface area (Å²) in [4.78, 5) is 0. The van der Waals surface area contributed by atoms with Gasteiger partial charge in [-0.1, -0.05) is 12.1 Å². The molecule has 0 saturated carbocycles. The predicted molar refractivity (Wildman–Crippen MR) is 69.1 cm³/mol. The Morgan fingerprint density at radius 1 is 1.53 bits per heavy atom. The molecule has 0 aliphatic heterocycles. The molecule has 0 radical (unpaired) electrons. The predicted octanol–water partition coefficient (Wildman–Crippen LogP) is 3.44. The van der Waals surface area contributed by atoms with Crippen LogP contribution in [-0.2, 0) is 0 Å². The van der Waals surface area contributed by atoms with Crippen molar-refractivity contribution in [3.05, 3.63) is 24.3 Å². The summed E-state index contributed by atoms with van der Waals surface area (Å²) in [5.74, 6) is 0.146. The number of aromatic nitrogens is 3. The van der Waals surface area contributed by atoms with Crippen LogP contribution in [0.5, 0.6) is 5.75 Å². The maximum absolute atomic E-state index is 8.79. The molecule has 5 N–H and O–H groups in total. The van der Waals surface area contributed by atoms with Crippen LogP contribution in [-0.4, -0.2) is 18.6 Å². The molecule has 1 aromatic heterocycles. The van der Waals surface area contributed by atoms with Crippen LogP contribution in [0.1, 0.15) is 0 Å². The molecule has 2 rings (SSSR count). The Morgan fingerprint density at radius 2 is 2.27 bits per heavy atom. The molecule has 0 aliphatic carbocycles. The lowest BCUT2D eigenvalue weighted by atomic mass is 10.3. The van der Waals surface area contributed by atoms with Crippen molar-refractivity contribution < 1.29 is 5.11 Å².